The summed E-state index contributed by atoms with van der Waals surface area (Å²) in [6.45, 7) is 3.27. The minimum atomic E-state index is -4.11. The number of carbonyl (C=O) groups is 1. The molecule has 30 heavy (non-hydrogen) atoms. The molecule has 1 N–H and O–H groups in total. The highest BCUT2D eigenvalue weighted by molar-refractivity contribution is 7.93. The van der Waals surface area contributed by atoms with Crippen molar-refractivity contribution in [2.45, 2.75) is 36.0 Å². The van der Waals surface area contributed by atoms with Crippen molar-refractivity contribution in [3.8, 4) is 17.6 Å². The Morgan fingerprint density at radius 3 is 2.47 bits per heavy atom. The fraction of sp³-hybridized carbons (Fsp3) is 0.348. The molecule has 2 aromatic rings. The second-order valence-corrected chi connectivity index (χ2v) is 9.51. The number of carboxylic acid groups (broad SMARTS) is 1. The summed E-state index contributed by atoms with van der Waals surface area (Å²) in [5.41, 5.74) is 1.11. The van der Waals surface area contributed by atoms with Crippen LogP contribution in [0.3, 0.4) is 0 Å². The number of hydrogen-bond acceptors (Lipinski definition) is 5. The van der Waals surface area contributed by atoms with Gasteiger partial charge in [0.15, 0.2) is 14.6 Å². The van der Waals surface area contributed by atoms with Crippen LogP contribution in [0.2, 0.25) is 0 Å². The molecule has 7 heteroatoms. The number of piperidine rings is 1. The van der Waals surface area contributed by atoms with Crippen LogP contribution in [0.4, 0.5) is 0 Å². The smallest absolute Gasteiger partial charge is 0.325 e. The fourth-order valence-corrected chi connectivity index (χ4v) is 5.59. The molecule has 3 rings (SSSR count). The highest BCUT2D eigenvalue weighted by atomic mass is 32.2. The molecular weight excluding hydrogens is 402 g/mol. The molecule has 0 aliphatic carbocycles. The van der Waals surface area contributed by atoms with Crippen molar-refractivity contribution in [3.05, 3.63) is 60.2 Å². The van der Waals surface area contributed by atoms with E-state index in [0.717, 1.165) is 5.56 Å². The Hall–Kier alpha value is -2.82. The van der Waals surface area contributed by atoms with Crippen molar-refractivity contribution >= 4 is 15.8 Å². The number of carboxylic acids is 1. The third kappa shape index (κ3) is 4.50. The number of likely N-dealkylation sites (tertiary alicyclic amines) is 1. The largest absolute Gasteiger partial charge is 0.481 e. The Balaban J connectivity index is 1.81. The van der Waals surface area contributed by atoms with Gasteiger partial charge in [-0.15, -0.1) is 5.92 Å². The Morgan fingerprint density at radius 1 is 1.13 bits per heavy atom. The SMILES string of the molecule is CC#CCOc1cccc(S(=O)(=O)C2(C(=O)O)CCN(Cc3ccccc3)CC2)c1. The number of ether oxygens (including phenoxy) is 1. The van der Waals surface area contributed by atoms with Gasteiger partial charge in [-0.2, -0.15) is 0 Å². The van der Waals surface area contributed by atoms with E-state index in [2.05, 4.69) is 16.7 Å². The molecule has 158 valence electrons. The van der Waals surface area contributed by atoms with Crippen LogP contribution in [-0.2, 0) is 21.2 Å². The first kappa shape index (κ1) is 21.9. The van der Waals surface area contributed by atoms with Gasteiger partial charge in [-0.05, 0) is 43.5 Å². The normalized spacial score (nSPS) is 16.3. The molecule has 1 aliphatic rings. The van der Waals surface area contributed by atoms with E-state index in [1.807, 2.05) is 30.3 Å². The molecule has 2 aromatic carbocycles. The molecule has 1 heterocycles. The lowest BCUT2D eigenvalue weighted by atomic mass is 9.95. The minimum absolute atomic E-state index is 0.0316. The summed E-state index contributed by atoms with van der Waals surface area (Å²) in [5, 5.41) is 9.96. The first-order valence-electron chi connectivity index (χ1n) is 9.76. The number of benzene rings is 2. The summed E-state index contributed by atoms with van der Waals surface area (Å²) in [6, 6.07) is 15.8. The average Bonchev–Trinajstić information content (AvgIpc) is 2.75. The lowest BCUT2D eigenvalue weighted by molar-refractivity contribution is -0.141. The maximum Gasteiger partial charge on any atom is 0.325 e. The van der Waals surface area contributed by atoms with Crippen LogP contribution >= 0.6 is 0 Å². The van der Waals surface area contributed by atoms with Crippen molar-refractivity contribution in [3.63, 3.8) is 0 Å². The Labute approximate surface area is 177 Å². The van der Waals surface area contributed by atoms with Crippen molar-refractivity contribution in [1.82, 2.24) is 4.90 Å². The molecule has 0 radical (unpaired) electrons. The van der Waals surface area contributed by atoms with Gasteiger partial charge in [0.05, 0.1) is 4.90 Å². The maximum absolute atomic E-state index is 13.4. The number of nitrogens with zero attached hydrogens (tertiary/aromatic N) is 1. The molecule has 6 nitrogen and oxygen atoms in total. The van der Waals surface area contributed by atoms with Gasteiger partial charge in [-0.25, -0.2) is 8.42 Å². The van der Waals surface area contributed by atoms with E-state index < -0.39 is 20.6 Å². The minimum Gasteiger partial charge on any atom is -0.481 e. The van der Waals surface area contributed by atoms with E-state index in [-0.39, 0.29) is 24.3 Å². The molecule has 0 saturated carbocycles. The average molecular weight is 428 g/mol. The Morgan fingerprint density at radius 2 is 1.83 bits per heavy atom. The van der Waals surface area contributed by atoms with E-state index in [1.165, 1.54) is 12.1 Å². The maximum atomic E-state index is 13.4. The second kappa shape index (κ2) is 9.33. The number of sulfone groups is 1. The summed E-state index contributed by atoms with van der Waals surface area (Å²) in [7, 11) is -4.11. The quantitative estimate of drug-likeness (QED) is 0.684. The van der Waals surface area contributed by atoms with Crippen LogP contribution in [0.5, 0.6) is 5.75 Å². The molecule has 0 amide bonds. The molecule has 0 bridgehead atoms. The summed E-state index contributed by atoms with van der Waals surface area (Å²) < 4.78 is 30.4. The van der Waals surface area contributed by atoms with E-state index in [4.69, 9.17) is 4.74 Å². The number of hydrogen-bond donors (Lipinski definition) is 1. The molecule has 0 spiro atoms. The molecule has 0 atom stereocenters. The Bertz CT molecular complexity index is 1050. The molecule has 1 aliphatic heterocycles. The molecule has 0 aromatic heterocycles. The zero-order valence-corrected chi connectivity index (χ0v) is 17.7. The highest BCUT2D eigenvalue weighted by Crippen LogP contribution is 2.37. The predicted octanol–water partition coefficient (Wildman–Crippen LogP) is 2.98. The lowest BCUT2D eigenvalue weighted by Crippen LogP contribution is -2.54. The van der Waals surface area contributed by atoms with Gasteiger partial charge in [-0.3, -0.25) is 9.69 Å². The van der Waals surface area contributed by atoms with E-state index >= 15 is 0 Å². The molecule has 0 unspecified atom stereocenters. The summed E-state index contributed by atoms with van der Waals surface area (Å²) in [6.07, 6.45) is 0.0633. The van der Waals surface area contributed by atoms with Gasteiger partial charge in [0, 0.05) is 19.6 Å². The van der Waals surface area contributed by atoms with Crippen molar-refractivity contribution < 1.29 is 23.1 Å². The zero-order chi connectivity index (χ0) is 21.6. The lowest BCUT2D eigenvalue weighted by Gasteiger charge is -2.38. The van der Waals surface area contributed by atoms with Gasteiger partial charge in [0.25, 0.3) is 0 Å². The van der Waals surface area contributed by atoms with Crippen LogP contribution in [0, 0.1) is 11.8 Å². The third-order valence-corrected chi connectivity index (χ3v) is 7.91. The van der Waals surface area contributed by atoms with Gasteiger partial charge < -0.3 is 9.84 Å². The van der Waals surface area contributed by atoms with Crippen molar-refractivity contribution in [2.75, 3.05) is 19.7 Å². The summed E-state index contributed by atoms with van der Waals surface area (Å²) >= 11 is 0. The van der Waals surface area contributed by atoms with Gasteiger partial charge in [0.1, 0.15) is 12.4 Å². The number of rotatable bonds is 7. The zero-order valence-electron chi connectivity index (χ0n) is 16.9. The Kier molecular flexibility index (Phi) is 6.80. The van der Waals surface area contributed by atoms with Crippen LogP contribution < -0.4 is 4.74 Å². The van der Waals surface area contributed by atoms with Gasteiger partial charge in [-0.1, -0.05) is 42.3 Å². The third-order valence-electron chi connectivity index (χ3n) is 5.42. The van der Waals surface area contributed by atoms with Crippen molar-refractivity contribution in [2.24, 2.45) is 0 Å². The van der Waals surface area contributed by atoms with Gasteiger partial charge in [0.2, 0.25) is 0 Å². The molecule has 1 saturated heterocycles. The first-order valence-corrected chi connectivity index (χ1v) is 11.2. The van der Waals surface area contributed by atoms with E-state index in [0.29, 0.717) is 25.4 Å². The molecule has 1 fully saturated rings. The van der Waals surface area contributed by atoms with Gasteiger partial charge >= 0.3 is 5.97 Å². The highest BCUT2D eigenvalue weighted by Gasteiger charge is 2.53. The topological polar surface area (TPSA) is 83.9 Å². The van der Waals surface area contributed by atoms with Crippen LogP contribution in [0.15, 0.2) is 59.5 Å². The number of aliphatic carboxylic acids is 1. The van der Waals surface area contributed by atoms with Crippen LogP contribution in [-0.4, -0.2) is 48.8 Å². The fourth-order valence-electron chi connectivity index (χ4n) is 3.66. The van der Waals surface area contributed by atoms with E-state index in [9.17, 15) is 18.3 Å². The van der Waals surface area contributed by atoms with Crippen LogP contribution in [0.25, 0.3) is 0 Å². The van der Waals surface area contributed by atoms with E-state index in [1.54, 1.807) is 19.1 Å². The standard InChI is InChI=1S/C23H25NO5S/c1-2-3-16-29-20-10-7-11-21(17-20)30(27,28)23(22(25)26)12-14-24(15-13-23)18-19-8-5-4-6-9-19/h4-11,17H,12-16,18H2,1H3,(H,25,26). The van der Waals surface area contributed by atoms with Crippen molar-refractivity contribution in [1.29, 1.82) is 0 Å². The summed E-state index contributed by atoms with van der Waals surface area (Å²) in [4.78, 5) is 14.3. The first-order chi connectivity index (χ1) is 14.4. The molecular formula is C23H25NO5S. The summed E-state index contributed by atoms with van der Waals surface area (Å²) in [5.74, 6) is 4.50. The second-order valence-electron chi connectivity index (χ2n) is 7.25. The predicted molar refractivity (Wildman–Crippen MR) is 114 cm³/mol. The van der Waals surface area contributed by atoms with Crippen LogP contribution in [0.1, 0.15) is 25.3 Å². The monoisotopic (exact) mass is 427 g/mol.